The second-order valence-electron chi connectivity index (χ2n) is 4.25. The Morgan fingerprint density at radius 2 is 2.18 bits per heavy atom. The van der Waals surface area contributed by atoms with E-state index in [1.165, 1.54) is 12.8 Å². The summed E-state index contributed by atoms with van der Waals surface area (Å²) in [4.78, 5) is 0. The second kappa shape index (κ2) is 1.78. The molecule has 0 aromatic rings. The summed E-state index contributed by atoms with van der Waals surface area (Å²) < 4.78 is 5.47. The van der Waals surface area contributed by atoms with E-state index in [1.54, 1.807) is 0 Å². The van der Waals surface area contributed by atoms with Crippen LogP contribution in [0.4, 0.5) is 0 Å². The first-order chi connectivity index (χ1) is 5.12. The van der Waals surface area contributed by atoms with Crippen molar-refractivity contribution in [3.63, 3.8) is 0 Å². The average molecular weight is 151 g/mol. The minimum atomic E-state index is -0.111. The fourth-order valence-electron chi connectivity index (χ4n) is 2.35. The maximum atomic E-state index is 8.69. The number of nitriles is 1. The van der Waals surface area contributed by atoms with E-state index in [9.17, 15) is 0 Å². The van der Waals surface area contributed by atoms with Crippen LogP contribution in [0, 0.1) is 16.7 Å². The molecule has 2 aliphatic rings. The monoisotopic (exact) mass is 151 g/mol. The third kappa shape index (κ3) is 0.696. The van der Waals surface area contributed by atoms with Gasteiger partial charge in [0.05, 0.1) is 6.07 Å². The molecule has 1 heterocycles. The summed E-state index contributed by atoms with van der Waals surface area (Å²) >= 11 is 0. The molecule has 0 radical (unpaired) electrons. The van der Waals surface area contributed by atoms with Crippen molar-refractivity contribution in [1.29, 1.82) is 5.26 Å². The van der Waals surface area contributed by atoms with E-state index in [0.717, 1.165) is 6.42 Å². The van der Waals surface area contributed by atoms with Gasteiger partial charge in [0.1, 0.15) is 5.60 Å². The molecule has 11 heavy (non-hydrogen) atoms. The zero-order valence-corrected chi connectivity index (χ0v) is 7.05. The highest BCUT2D eigenvalue weighted by atomic mass is 16.6. The molecule has 2 unspecified atom stereocenters. The van der Waals surface area contributed by atoms with Crippen LogP contribution in [0.5, 0.6) is 0 Å². The molecule has 1 spiro atoms. The Bertz CT molecular complexity index is 228. The molecular formula is C9H13NO. The first kappa shape index (κ1) is 7.12. The Morgan fingerprint density at radius 1 is 1.45 bits per heavy atom. The quantitative estimate of drug-likeness (QED) is 0.495. The molecular weight excluding hydrogens is 138 g/mol. The van der Waals surface area contributed by atoms with Gasteiger partial charge in [-0.3, -0.25) is 0 Å². The maximum absolute atomic E-state index is 8.69. The maximum Gasteiger partial charge on any atom is 0.174 e. The van der Waals surface area contributed by atoms with Crippen molar-refractivity contribution >= 4 is 0 Å². The van der Waals surface area contributed by atoms with Crippen molar-refractivity contribution in [2.75, 3.05) is 0 Å². The van der Waals surface area contributed by atoms with E-state index >= 15 is 0 Å². The highest BCUT2D eigenvalue weighted by Gasteiger charge is 2.67. The molecule has 0 bridgehead atoms. The van der Waals surface area contributed by atoms with Crippen molar-refractivity contribution < 1.29 is 4.74 Å². The van der Waals surface area contributed by atoms with Crippen molar-refractivity contribution in [2.45, 2.75) is 44.8 Å². The summed E-state index contributed by atoms with van der Waals surface area (Å²) in [5.41, 5.74) is 0.176. The van der Waals surface area contributed by atoms with Crippen molar-refractivity contribution in [1.82, 2.24) is 0 Å². The van der Waals surface area contributed by atoms with E-state index in [4.69, 9.17) is 10.00 Å². The predicted molar refractivity (Wildman–Crippen MR) is 40.8 cm³/mol. The van der Waals surface area contributed by atoms with Gasteiger partial charge in [-0.1, -0.05) is 13.8 Å². The topological polar surface area (TPSA) is 36.3 Å². The van der Waals surface area contributed by atoms with Gasteiger partial charge in [0.25, 0.3) is 0 Å². The minimum absolute atomic E-state index is 0.0538. The van der Waals surface area contributed by atoms with Crippen LogP contribution < -0.4 is 0 Å². The highest BCUT2D eigenvalue weighted by molar-refractivity contribution is 5.22. The Hall–Kier alpha value is -0.550. The van der Waals surface area contributed by atoms with Crippen LogP contribution in [0.15, 0.2) is 0 Å². The third-order valence-electron chi connectivity index (χ3n) is 3.31. The summed E-state index contributed by atoms with van der Waals surface area (Å²) in [6, 6.07) is 2.21. The summed E-state index contributed by atoms with van der Waals surface area (Å²) in [6.45, 7) is 4.41. The molecule has 2 nitrogen and oxygen atoms in total. The second-order valence-corrected chi connectivity index (χ2v) is 4.25. The summed E-state index contributed by atoms with van der Waals surface area (Å²) in [6.07, 6.45) is 3.38. The van der Waals surface area contributed by atoms with Crippen LogP contribution in [0.2, 0.25) is 0 Å². The van der Waals surface area contributed by atoms with Gasteiger partial charge in [0.15, 0.2) is 6.10 Å². The Balaban J connectivity index is 2.24. The van der Waals surface area contributed by atoms with Gasteiger partial charge in [0.2, 0.25) is 0 Å². The first-order valence-electron chi connectivity index (χ1n) is 4.20. The van der Waals surface area contributed by atoms with Crippen LogP contribution in [0.3, 0.4) is 0 Å². The van der Waals surface area contributed by atoms with Crippen LogP contribution in [-0.2, 0) is 4.74 Å². The third-order valence-corrected chi connectivity index (χ3v) is 3.31. The van der Waals surface area contributed by atoms with E-state index in [0.29, 0.717) is 0 Å². The molecule has 2 atom stereocenters. The Morgan fingerprint density at radius 3 is 2.55 bits per heavy atom. The first-order valence-corrected chi connectivity index (χ1v) is 4.20. The predicted octanol–water partition coefficient (Wildman–Crippen LogP) is 1.86. The number of hydrogen-bond acceptors (Lipinski definition) is 2. The van der Waals surface area contributed by atoms with Crippen LogP contribution in [-0.4, -0.2) is 11.7 Å². The van der Waals surface area contributed by atoms with Crippen LogP contribution in [0.25, 0.3) is 0 Å². The van der Waals surface area contributed by atoms with Crippen molar-refractivity contribution in [2.24, 2.45) is 5.41 Å². The van der Waals surface area contributed by atoms with Crippen LogP contribution >= 0.6 is 0 Å². The molecule has 1 saturated carbocycles. The largest absolute Gasteiger partial charge is 0.349 e. The molecule has 2 fully saturated rings. The van der Waals surface area contributed by atoms with Gasteiger partial charge in [-0.05, 0) is 24.7 Å². The number of rotatable bonds is 0. The summed E-state index contributed by atoms with van der Waals surface area (Å²) in [5, 5.41) is 8.69. The lowest BCUT2D eigenvalue weighted by atomic mass is 9.80. The molecule has 2 heteroatoms. The van der Waals surface area contributed by atoms with Gasteiger partial charge in [-0.25, -0.2) is 0 Å². The van der Waals surface area contributed by atoms with Gasteiger partial charge < -0.3 is 4.74 Å². The fourth-order valence-corrected chi connectivity index (χ4v) is 2.35. The molecule has 1 aliphatic carbocycles. The molecule has 2 rings (SSSR count). The molecule has 1 saturated heterocycles. The van der Waals surface area contributed by atoms with E-state index < -0.39 is 0 Å². The smallest absolute Gasteiger partial charge is 0.174 e. The van der Waals surface area contributed by atoms with Crippen molar-refractivity contribution in [3.8, 4) is 6.07 Å². The Kier molecular flexibility index (Phi) is 1.15. The van der Waals surface area contributed by atoms with E-state index in [1.807, 2.05) is 0 Å². The number of nitrogens with zero attached hydrogens (tertiary/aromatic N) is 1. The van der Waals surface area contributed by atoms with Crippen molar-refractivity contribution in [3.05, 3.63) is 0 Å². The SMILES string of the molecule is CC1(C)CCCC12OC2C#N. The van der Waals surface area contributed by atoms with Crippen LogP contribution in [0.1, 0.15) is 33.1 Å². The lowest BCUT2D eigenvalue weighted by Gasteiger charge is -2.22. The van der Waals surface area contributed by atoms with E-state index in [2.05, 4.69) is 19.9 Å². The number of ether oxygens (including phenoxy) is 1. The average Bonchev–Trinajstić information content (AvgIpc) is 2.56. The minimum Gasteiger partial charge on any atom is -0.349 e. The Labute approximate surface area is 67.2 Å². The zero-order chi connectivity index (χ0) is 8.11. The number of hydrogen-bond donors (Lipinski definition) is 0. The fraction of sp³-hybridized carbons (Fsp3) is 0.889. The molecule has 60 valence electrons. The molecule has 0 amide bonds. The molecule has 0 aromatic carbocycles. The lowest BCUT2D eigenvalue weighted by molar-refractivity contribution is 0.173. The molecule has 0 N–H and O–H groups in total. The summed E-state index contributed by atoms with van der Waals surface area (Å²) in [7, 11) is 0. The number of epoxide rings is 1. The van der Waals surface area contributed by atoms with Gasteiger partial charge in [-0.15, -0.1) is 0 Å². The van der Waals surface area contributed by atoms with E-state index in [-0.39, 0.29) is 17.1 Å². The normalized spacial score (nSPS) is 45.7. The van der Waals surface area contributed by atoms with Gasteiger partial charge in [0, 0.05) is 0 Å². The highest BCUT2D eigenvalue weighted by Crippen LogP contribution is 2.59. The zero-order valence-electron chi connectivity index (χ0n) is 7.05. The lowest BCUT2D eigenvalue weighted by Crippen LogP contribution is -2.28. The van der Waals surface area contributed by atoms with Gasteiger partial charge in [-0.2, -0.15) is 5.26 Å². The standard InChI is InChI=1S/C9H13NO/c1-8(2)4-3-5-9(8)7(6-10)11-9/h7H,3-5H2,1-2H3. The molecule has 0 aromatic heterocycles. The molecule has 1 aliphatic heterocycles. The van der Waals surface area contributed by atoms with Gasteiger partial charge >= 0.3 is 0 Å². The summed E-state index contributed by atoms with van der Waals surface area (Å²) in [5.74, 6) is 0.